The van der Waals surface area contributed by atoms with Gasteiger partial charge < -0.3 is 11.1 Å². The van der Waals surface area contributed by atoms with Gasteiger partial charge in [-0.25, -0.2) is 0 Å². The van der Waals surface area contributed by atoms with E-state index < -0.39 is 0 Å². The Morgan fingerprint density at radius 2 is 2.00 bits per heavy atom. The van der Waals surface area contributed by atoms with Crippen LogP contribution >= 0.6 is 0 Å². The lowest BCUT2D eigenvalue weighted by Crippen LogP contribution is -2.22. The molecule has 1 heterocycles. The van der Waals surface area contributed by atoms with Crippen molar-refractivity contribution in [2.24, 2.45) is 5.73 Å². The van der Waals surface area contributed by atoms with Crippen molar-refractivity contribution in [1.82, 2.24) is 9.88 Å². The monoisotopic (exact) mass is 312 g/mol. The van der Waals surface area contributed by atoms with Gasteiger partial charge in [0.05, 0.1) is 5.69 Å². The van der Waals surface area contributed by atoms with E-state index in [9.17, 15) is 4.79 Å². The second-order valence-corrected chi connectivity index (χ2v) is 5.36. The Morgan fingerprint density at radius 1 is 1.22 bits per heavy atom. The van der Waals surface area contributed by atoms with E-state index in [1.165, 1.54) is 5.56 Å². The van der Waals surface area contributed by atoms with E-state index in [1.54, 1.807) is 18.3 Å². The molecule has 0 bridgehead atoms. The Balaban J connectivity index is 2.08. The number of pyridine rings is 1. The smallest absolute Gasteiger partial charge is 0.255 e. The summed E-state index contributed by atoms with van der Waals surface area (Å²) in [4.78, 5) is 18.8. The number of anilines is 1. The maximum absolute atomic E-state index is 12.3. The third kappa shape index (κ3) is 4.87. The van der Waals surface area contributed by atoms with Gasteiger partial charge in [-0.1, -0.05) is 26.0 Å². The third-order valence-electron chi connectivity index (χ3n) is 3.77. The molecule has 5 heteroatoms. The van der Waals surface area contributed by atoms with Crippen molar-refractivity contribution >= 4 is 11.6 Å². The number of nitrogens with two attached hydrogens (primary N) is 1. The average molecular weight is 312 g/mol. The van der Waals surface area contributed by atoms with Crippen LogP contribution in [0.2, 0.25) is 0 Å². The molecule has 5 nitrogen and oxygen atoms in total. The van der Waals surface area contributed by atoms with Crippen molar-refractivity contribution in [3.8, 4) is 0 Å². The van der Waals surface area contributed by atoms with Crippen LogP contribution in [0.25, 0.3) is 0 Å². The zero-order chi connectivity index (χ0) is 16.7. The molecule has 1 aromatic heterocycles. The van der Waals surface area contributed by atoms with Crippen LogP contribution in [-0.4, -0.2) is 28.9 Å². The molecule has 122 valence electrons. The molecule has 0 saturated heterocycles. The highest BCUT2D eigenvalue weighted by atomic mass is 16.1. The molecule has 1 amide bonds. The largest absolute Gasteiger partial charge is 0.325 e. The first-order valence-corrected chi connectivity index (χ1v) is 7.93. The number of nitrogens with one attached hydrogen (secondary N) is 1. The van der Waals surface area contributed by atoms with E-state index in [-0.39, 0.29) is 5.91 Å². The van der Waals surface area contributed by atoms with Crippen molar-refractivity contribution in [2.45, 2.75) is 26.9 Å². The Morgan fingerprint density at radius 3 is 2.70 bits per heavy atom. The number of hydrogen-bond acceptors (Lipinski definition) is 4. The fraction of sp³-hybridized carbons (Fsp3) is 0.333. The van der Waals surface area contributed by atoms with Gasteiger partial charge in [-0.2, -0.15) is 0 Å². The summed E-state index contributed by atoms with van der Waals surface area (Å²) < 4.78 is 0. The van der Waals surface area contributed by atoms with Crippen LogP contribution in [0.4, 0.5) is 5.69 Å². The molecule has 0 aliphatic rings. The van der Waals surface area contributed by atoms with Gasteiger partial charge in [0.2, 0.25) is 0 Å². The lowest BCUT2D eigenvalue weighted by atomic mass is 10.1. The van der Waals surface area contributed by atoms with E-state index in [0.29, 0.717) is 17.8 Å². The van der Waals surface area contributed by atoms with E-state index >= 15 is 0 Å². The number of aromatic nitrogens is 1. The summed E-state index contributed by atoms with van der Waals surface area (Å²) in [5.74, 6) is -0.151. The maximum Gasteiger partial charge on any atom is 0.255 e. The molecule has 0 aliphatic heterocycles. The molecule has 0 fully saturated rings. The van der Waals surface area contributed by atoms with Gasteiger partial charge in [-0.3, -0.25) is 14.7 Å². The molecule has 2 aromatic rings. The average Bonchev–Trinajstić information content (AvgIpc) is 2.60. The fourth-order valence-electron chi connectivity index (χ4n) is 2.39. The molecular formula is C18H24N4O. The first kappa shape index (κ1) is 17.1. The van der Waals surface area contributed by atoms with E-state index in [4.69, 9.17) is 5.73 Å². The zero-order valence-electron chi connectivity index (χ0n) is 13.7. The predicted molar refractivity (Wildman–Crippen MR) is 93.1 cm³/mol. The maximum atomic E-state index is 12.3. The summed E-state index contributed by atoms with van der Waals surface area (Å²) >= 11 is 0. The standard InChI is InChI=1S/C18H24N4O/c1-3-22(4-2)13-14-6-5-7-16(10-14)21-18(23)15-8-9-20-17(11-15)12-19/h5-11H,3-4,12-13,19H2,1-2H3,(H,21,23). The number of rotatable bonds is 7. The van der Waals surface area contributed by atoms with E-state index in [2.05, 4.69) is 35.1 Å². The molecule has 0 spiro atoms. The summed E-state index contributed by atoms with van der Waals surface area (Å²) in [6.07, 6.45) is 1.61. The number of amides is 1. The Bertz CT molecular complexity index is 653. The lowest BCUT2D eigenvalue weighted by Gasteiger charge is -2.18. The number of hydrogen-bond donors (Lipinski definition) is 2. The van der Waals surface area contributed by atoms with Crippen molar-refractivity contribution in [3.05, 3.63) is 59.4 Å². The number of carbonyl (C=O) groups is 1. The van der Waals surface area contributed by atoms with Crippen molar-refractivity contribution in [3.63, 3.8) is 0 Å². The topological polar surface area (TPSA) is 71.2 Å². The van der Waals surface area contributed by atoms with E-state index in [0.717, 1.165) is 25.3 Å². The Labute approximate surface area is 137 Å². The SMILES string of the molecule is CCN(CC)Cc1cccc(NC(=O)c2ccnc(CN)c2)c1. The second kappa shape index (κ2) is 8.41. The van der Waals surface area contributed by atoms with Gasteiger partial charge in [0.25, 0.3) is 5.91 Å². The highest BCUT2D eigenvalue weighted by molar-refractivity contribution is 6.04. The quantitative estimate of drug-likeness (QED) is 0.824. The number of carbonyl (C=O) groups excluding carboxylic acids is 1. The fourth-order valence-corrected chi connectivity index (χ4v) is 2.39. The summed E-state index contributed by atoms with van der Waals surface area (Å²) in [7, 11) is 0. The molecule has 0 aliphatic carbocycles. The lowest BCUT2D eigenvalue weighted by molar-refractivity contribution is 0.102. The molecule has 23 heavy (non-hydrogen) atoms. The predicted octanol–water partition coefficient (Wildman–Crippen LogP) is 2.63. The van der Waals surface area contributed by atoms with E-state index in [1.807, 2.05) is 18.2 Å². The van der Waals surface area contributed by atoms with Crippen LogP contribution in [0.1, 0.15) is 35.5 Å². The second-order valence-electron chi connectivity index (χ2n) is 5.36. The Kier molecular flexibility index (Phi) is 6.26. The van der Waals surface area contributed by atoms with Crippen LogP contribution in [-0.2, 0) is 13.1 Å². The van der Waals surface area contributed by atoms with Crippen molar-refractivity contribution in [2.75, 3.05) is 18.4 Å². The molecule has 3 N–H and O–H groups in total. The zero-order valence-corrected chi connectivity index (χ0v) is 13.7. The summed E-state index contributed by atoms with van der Waals surface area (Å²) in [5, 5.41) is 2.93. The third-order valence-corrected chi connectivity index (χ3v) is 3.77. The van der Waals surface area contributed by atoms with Gasteiger partial charge in [0, 0.05) is 30.5 Å². The molecule has 1 aromatic carbocycles. The van der Waals surface area contributed by atoms with Crippen LogP contribution in [0.5, 0.6) is 0 Å². The molecule has 0 radical (unpaired) electrons. The van der Waals surface area contributed by atoms with Crippen LogP contribution in [0.15, 0.2) is 42.6 Å². The van der Waals surface area contributed by atoms with Crippen LogP contribution < -0.4 is 11.1 Å². The molecule has 0 atom stereocenters. The normalized spacial score (nSPS) is 10.8. The number of nitrogens with zero attached hydrogens (tertiary/aromatic N) is 2. The minimum Gasteiger partial charge on any atom is -0.325 e. The first-order chi connectivity index (χ1) is 11.2. The van der Waals surface area contributed by atoms with Gasteiger partial charge in [-0.05, 0) is 42.9 Å². The Hall–Kier alpha value is -2.24. The first-order valence-electron chi connectivity index (χ1n) is 7.93. The summed E-state index contributed by atoms with van der Waals surface area (Å²) in [6, 6.07) is 11.4. The highest BCUT2D eigenvalue weighted by Crippen LogP contribution is 2.14. The number of benzene rings is 1. The molecular weight excluding hydrogens is 288 g/mol. The summed E-state index contributed by atoms with van der Waals surface area (Å²) in [6.45, 7) is 7.50. The van der Waals surface area contributed by atoms with Gasteiger partial charge in [-0.15, -0.1) is 0 Å². The molecule has 0 saturated carbocycles. The van der Waals surface area contributed by atoms with Gasteiger partial charge in [0.15, 0.2) is 0 Å². The van der Waals surface area contributed by atoms with Gasteiger partial charge in [0.1, 0.15) is 0 Å². The van der Waals surface area contributed by atoms with Gasteiger partial charge >= 0.3 is 0 Å². The highest BCUT2D eigenvalue weighted by Gasteiger charge is 2.08. The van der Waals surface area contributed by atoms with Crippen LogP contribution in [0, 0.1) is 0 Å². The molecule has 2 rings (SSSR count). The molecule has 0 unspecified atom stereocenters. The summed E-state index contributed by atoms with van der Waals surface area (Å²) in [5.41, 5.74) is 8.81. The minimum atomic E-state index is -0.151. The minimum absolute atomic E-state index is 0.151. The van der Waals surface area contributed by atoms with Crippen molar-refractivity contribution in [1.29, 1.82) is 0 Å². The van der Waals surface area contributed by atoms with Crippen molar-refractivity contribution < 1.29 is 4.79 Å². The van der Waals surface area contributed by atoms with Crippen LogP contribution in [0.3, 0.4) is 0 Å².